The Kier molecular flexibility index (Phi) is 6.46. The molecule has 1 aliphatic heterocycles. The molecule has 0 aromatic carbocycles. The number of carbonyl (C=O) groups is 2. The highest BCUT2D eigenvalue weighted by atomic mass is 32.1. The van der Waals surface area contributed by atoms with Gasteiger partial charge >= 0.3 is 0 Å². The van der Waals surface area contributed by atoms with Crippen molar-refractivity contribution in [1.82, 2.24) is 19.8 Å². The van der Waals surface area contributed by atoms with Gasteiger partial charge in [-0.3, -0.25) is 19.0 Å². The molecule has 0 bridgehead atoms. The van der Waals surface area contributed by atoms with E-state index in [2.05, 4.69) is 24.1 Å². The molecule has 1 saturated heterocycles. The summed E-state index contributed by atoms with van der Waals surface area (Å²) in [6.45, 7) is 7.57. The first-order valence-corrected chi connectivity index (χ1v) is 12.2. The normalized spacial score (nSPS) is 22.6. The summed E-state index contributed by atoms with van der Waals surface area (Å²) >= 11 is 1.26. The second-order valence-corrected chi connectivity index (χ2v) is 10.5. The lowest BCUT2D eigenvalue weighted by atomic mass is 9.92. The first kappa shape index (κ1) is 22.0. The minimum Gasteiger partial charge on any atom is -0.349 e. The summed E-state index contributed by atoms with van der Waals surface area (Å²) in [6.07, 6.45) is 8.10. The summed E-state index contributed by atoms with van der Waals surface area (Å²) in [7, 11) is 0. The van der Waals surface area contributed by atoms with Crippen molar-refractivity contribution < 1.29 is 9.59 Å². The van der Waals surface area contributed by atoms with E-state index < -0.39 is 0 Å². The van der Waals surface area contributed by atoms with Gasteiger partial charge in [0.05, 0.1) is 16.6 Å². The SMILES string of the molecule is Cc1c(C(=O)NC2CCCCC2)sc2ncn(CC(=O)N3C[C@H](C)C[C@H](C)C3)c(=O)c12. The molecule has 1 saturated carbocycles. The van der Waals surface area contributed by atoms with Crippen LogP contribution in [0.4, 0.5) is 0 Å². The first-order valence-electron chi connectivity index (χ1n) is 11.4. The molecule has 2 aromatic heterocycles. The summed E-state index contributed by atoms with van der Waals surface area (Å²) in [5.41, 5.74) is 0.412. The lowest BCUT2D eigenvalue weighted by molar-refractivity contribution is -0.134. The molecule has 2 aliphatic rings. The molecule has 8 heteroatoms. The largest absolute Gasteiger partial charge is 0.349 e. The van der Waals surface area contributed by atoms with Crippen molar-refractivity contribution in [3.8, 4) is 0 Å². The molecule has 2 amide bonds. The number of nitrogens with one attached hydrogen (secondary N) is 1. The minimum absolute atomic E-state index is 0.0138. The van der Waals surface area contributed by atoms with E-state index in [1.54, 1.807) is 6.92 Å². The monoisotopic (exact) mass is 444 g/mol. The van der Waals surface area contributed by atoms with Crippen LogP contribution >= 0.6 is 11.3 Å². The second kappa shape index (κ2) is 9.10. The predicted octanol–water partition coefficient (Wildman–Crippen LogP) is 3.33. The van der Waals surface area contributed by atoms with Crippen LogP contribution in [0.25, 0.3) is 10.2 Å². The van der Waals surface area contributed by atoms with Crippen molar-refractivity contribution in [2.75, 3.05) is 13.1 Å². The van der Waals surface area contributed by atoms with E-state index >= 15 is 0 Å². The highest BCUT2D eigenvalue weighted by Gasteiger charge is 2.27. The number of nitrogens with zero attached hydrogens (tertiary/aromatic N) is 3. The number of hydrogen-bond acceptors (Lipinski definition) is 5. The third-order valence-corrected chi connectivity index (χ3v) is 7.79. The Labute approximate surface area is 186 Å². The molecule has 31 heavy (non-hydrogen) atoms. The number of piperidine rings is 1. The van der Waals surface area contributed by atoms with Crippen molar-refractivity contribution in [2.24, 2.45) is 11.8 Å². The van der Waals surface area contributed by atoms with Crippen molar-refractivity contribution in [3.05, 3.63) is 27.1 Å². The molecule has 168 valence electrons. The predicted molar refractivity (Wildman–Crippen MR) is 122 cm³/mol. The average Bonchev–Trinajstić information content (AvgIpc) is 3.07. The number of rotatable bonds is 4. The Balaban J connectivity index is 1.54. The van der Waals surface area contributed by atoms with Crippen LogP contribution in [-0.2, 0) is 11.3 Å². The van der Waals surface area contributed by atoms with Crippen LogP contribution in [-0.4, -0.2) is 45.4 Å². The van der Waals surface area contributed by atoms with Crippen LogP contribution in [0.15, 0.2) is 11.1 Å². The summed E-state index contributed by atoms with van der Waals surface area (Å²) in [6, 6.07) is 0.211. The van der Waals surface area contributed by atoms with E-state index in [1.165, 1.54) is 28.7 Å². The van der Waals surface area contributed by atoms with Crippen molar-refractivity contribution in [2.45, 2.75) is 71.9 Å². The van der Waals surface area contributed by atoms with Gasteiger partial charge in [0, 0.05) is 19.1 Å². The molecule has 2 fully saturated rings. The molecule has 2 atom stereocenters. The molecule has 2 aromatic rings. The maximum atomic E-state index is 13.1. The van der Waals surface area contributed by atoms with Crippen LogP contribution in [0.2, 0.25) is 0 Å². The number of thiophene rings is 1. The van der Waals surface area contributed by atoms with Crippen LogP contribution < -0.4 is 10.9 Å². The molecular formula is C23H32N4O3S. The number of carbonyl (C=O) groups excluding carboxylic acids is 2. The number of fused-ring (bicyclic) bond motifs is 1. The summed E-state index contributed by atoms with van der Waals surface area (Å²) in [4.78, 5) is 46.2. The topological polar surface area (TPSA) is 84.3 Å². The maximum absolute atomic E-state index is 13.1. The maximum Gasteiger partial charge on any atom is 0.262 e. The van der Waals surface area contributed by atoms with Crippen LogP contribution in [0, 0.1) is 18.8 Å². The molecule has 0 spiro atoms. The third-order valence-electron chi connectivity index (χ3n) is 6.59. The smallest absolute Gasteiger partial charge is 0.262 e. The molecular weight excluding hydrogens is 412 g/mol. The van der Waals surface area contributed by atoms with E-state index in [9.17, 15) is 14.4 Å². The van der Waals surface area contributed by atoms with Gasteiger partial charge in [-0.25, -0.2) is 4.98 Å². The van der Waals surface area contributed by atoms with E-state index in [-0.39, 0.29) is 30.0 Å². The number of aryl methyl sites for hydroxylation is 1. The lowest BCUT2D eigenvalue weighted by Gasteiger charge is -2.35. The first-order chi connectivity index (χ1) is 14.8. The van der Waals surface area contributed by atoms with E-state index in [4.69, 9.17) is 0 Å². The average molecular weight is 445 g/mol. The van der Waals surface area contributed by atoms with Crippen molar-refractivity contribution in [3.63, 3.8) is 0 Å². The molecule has 7 nitrogen and oxygen atoms in total. The van der Waals surface area contributed by atoms with Gasteiger partial charge in [-0.15, -0.1) is 11.3 Å². The van der Waals surface area contributed by atoms with Crippen LogP contribution in [0.5, 0.6) is 0 Å². The van der Waals surface area contributed by atoms with Gasteiger partial charge in [-0.05, 0) is 43.6 Å². The molecule has 0 radical (unpaired) electrons. The van der Waals surface area contributed by atoms with Gasteiger partial charge in [0.25, 0.3) is 11.5 Å². The van der Waals surface area contributed by atoms with Crippen molar-refractivity contribution in [1.29, 1.82) is 0 Å². The fourth-order valence-corrected chi connectivity index (χ4v) is 6.14. The standard InChI is InChI=1S/C23H32N4O3S/c1-14-9-15(2)11-26(10-14)18(28)12-27-13-24-22-19(23(27)30)16(3)20(31-22)21(29)25-17-7-5-4-6-8-17/h13-15,17H,4-12H2,1-3H3,(H,25,29)/t14-,15+. The molecule has 3 heterocycles. The second-order valence-electron chi connectivity index (χ2n) is 9.47. The minimum atomic E-state index is -0.248. The van der Waals surface area contributed by atoms with Gasteiger partial charge in [0.1, 0.15) is 11.4 Å². The number of hydrogen-bond donors (Lipinski definition) is 1. The van der Waals surface area contributed by atoms with Gasteiger partial charge in [0.2, 0.25) is 5.91 Å². The quantitative estimate of drug-likeness (QED) is 0.784. The molecule has 0 unspecified atom stereocenters. The van der Waals surface area contributed by atoms with Crippen LogP contribution in [0.1, 0.15) is 67.6 Å². The Bertz CT molecular complexity index is 1030. The summed E-state index contributed by atoms with van der Waals surface area (Å²) in [5, 5.41) is 3.58. The Morgan fingerprint density at radius 1 is 1.16 bits per heavy atom. The van der Waals surface area contributed by atoms with Crippen LogP contribution in [0.3, 0.4) is 0 Å². The fourth-order valence-electron chi connectivity index (χ4n) is 5.10. The van der Waals surface area contributed by atoms with Gasteiger partial charge < -0.3 is 10.2 Å². The van der Waals surface area contributed by atoms with Gasteiger partial charge in [-0.2, -0.15) is 0 Å². The highest BCUT2D eigenvalue weighted by Crippen LogP contribution is 2.28. The summed E-state index contributed by atoms with van der Waals surface area (Å²) < 4.78 is 1.39. The molecule has 1 N–H and O–H groups in total. The molecule has 4 rings (SSSR count). The van der Waals surface area contributed by atoms with Crippen molar-refractivity contribution >= 4 is 33.4 Å². The number of aromatic nitrogens is 2. The van der Waals surface area contributed by atoms with Gasteiger partial charge in [-0.1, -0.05) is 33.1 Å². The zero-order chi connectivity index (χ0) is 22.1. The van der Waals surface area contributed by atoms with E-state index in [0.29, 0.717) is 32.5 Å². The zero-order valence-electron chi connectivity index (χ0n) is 18.6. The van der Waals surface area contributed by atoms with E-state index in [0.717, 1.165) is 45.2 Å². The molecule has 1 aliphatic carbocycles. The Hall–Kier alpha value is -2.22. The zero-order valence-corrected chi connectivity index (χ0v) is 19.5. The number of amides is 2. The highest BCUT2D eigenvalue weighted by molar-refractivity contribution is 7.20. The van der Waals surface area contributed by atoms with E-state index in [1.807, 2.05) is 4.90 Å². The third kappa shape index (κ3) is 4.68. The Morgan fingerprint density at radius 2 is 1.84 bits per heavy atom. The Morgan fingerprint density at radius 3 is 2.52 bits per heavy atom. The van der Waals surface area contributed by atoms with Gasteiger partial charge in [0.15, 0.2) is 0 Å². The summed E-state index contributed by atoms with van der Waals surface area (Å²) in [5.74, 6) is 0.763. The lowest BCUT2D eigenvalue weighted by Crippen LogP contribution is -2.44. The number of likely N-dealkylation sites (tertiary alicyclic amines) is 1. The fraction of sp³-hybridized carbons (Fsp3) is 0.652.